The van der Waals surface area contributed by atoms with Crippen molar-refractivity contribution in [3.8, 4) is 0 Å². The zero-order valence-electron chi connectivity index (χ0n) is 11.1. The topological polar surface area (TPSA) is 83.7 Å². The third-order valence-corrected chi connectivity index (χ3v) is 2.82. The van der Waals surface area contributed by atoms with Crippen LogP contribution >= 0.6 is 0 Å². The van der Waals surface area contributed by atoms with E-state index in [1.807, 2.05) is 0 Å². The lowest BCUT2D eigenvalue weighted by atomic mass is 10.1. The number of carbonyl (C=O) groups is 1. The van der Waals surface area contributed by atoms with Crippen LogP contribution in [-0.4, -0.2) is 29.1 Å². The molecule has 0 aliphatic heterocycles. The summed E-state index contributed by atoms with van der Waals surface area (Å²) in [6.45, 7) is 1.83. The lowest BCUT2D eigenvalue weighted by molar-refractivity contribution is -0.384. The SMILES string of the molecule is CCN(CCC(=O)O)c1ccc(C(F)(F)F)cc1[N+](=O)[O-]. The Kier molecular flexibility index (Phi) is 5.12. The van der Waals surface area contributed by atoms with E-state index < -0.39 is 28.3 Å². The van der Waals surface area contributed by atoms with Crippen LogP contribution < -0.4 is 4.90 Å². The van der Waals surface area contributed by atoms with Crippen LogP contribution in [0.3, 0.4) is 0 Å². The van der Waals surface area contributed by atoms with Crippen molar-refractivity contribution in [3.63, 3.8) is 0 Å². The fourth-order valence-corrected chi connectivity index (χ4v) is 1.79. The highest BCUT2D eigenvalue weighted by Crippen LogP contribution is 2.36. The van der Waals surface area contributed by atoms with Crippen molar-refractivity contribution in [3.05, 3.63) is 33.9 Å². The summed E-state index contributed by atoms with van der Waals surface area (Å²) in [4.78, 5) is 21.9. The number of carboxylic acids is 1. The van der Waals surface area contributed by atoms with Crippen LogP contribution in [0.2, 0.25) is 0 Å². The molecule has 0 aliphatic rings. The third-order valence-electron chi connectivity index (χ3n) is 2.82. The molecular weight excluding hydrogens is 293 g/mol. The molecule has 1 rings (SSSR count). The Bertz CT molecular complexity index is 546. The number of nitrogens with zero attached hydrogens (tertiary/aromatic N) is 2. The van der Waals surface area contributed by atoms with Crippen LogP contribution in [0, 0.1) is 10.1 Å². The Morgan fingerprint density at radius 1 is 1.43 bits per heavy atom. The molecule has 0 spiro atoms. The summed E-state index contributed by atoms with van der Waals surface area (Å²) in [5.74, 6) is -1.09. The summed E-state index contributed by atoms with van der Waals surface area (Å²) in [6.07, 6.45) is -4.95. The second kappa shape index (κ2) is 6.42. The number of halogens is 3. The second-order valence-electron chi connectivity index (χ2n) is 4.18. The third kappa shape index (κ3) is 4.33. The largest absolute Gasteiger partial charge is 0.481 e. The van der Waals surface area contributed by atoms with E-state index in [2.05, 4.69) is 0 Å². The summed E-state index contributed by atoms with van der Waals surface area (Å²) in [5, 5.41) is 19.6. The van der Waals surface area contributed by atoms with Gasteiger partial charge in [0, 0.05) is 19.2 Å². The van der Waals surface area contributed by atoms with E-state index in [0.29, 0.717) is 6.07 Å². The summed E-state index contributed by atoms with van der Waals surface area (Å²) in [7, 11) is 0. The molecule has 0 fully saturated rings. The zero-order valence-corrected chi connectivity index (χ0v) is 11.1. The van der Waals surface area contributed by atoms with Crippen molar-refractivity contribution >= 4 is 17.3 Å². The predicted octanol–water partition coefficient (Wildman–Crippen LogP) is 2.91. The molecule has 0 aliphatic carbocycles. The molecule has 0 radical (unpaired) electrons. The summed E-state index contributed by atoms with van der Waals surface area (Å²) in [5.41, 5.74) is -1.85. The van der Waals surface area contributed by atoms with Crippen molar-refractivity contribution in [1.29, 1.82) is 0 Å². The van der Waals surface area contributed by atoms with Crippen LogP contribution in [0.15, 0.2) is 18.2 Å². The molecule has 0 saturated carbocycles. The monoisotopic (exact) mass is 306 g/mol. The molecule has 6 nitrogen and oxygen atoms in total. The molecule has 9 heteroatoms. The van der Waals surface area contributed by atoms with E-state index in [1.54, 1.807) is 6.92 Å². The lowest BCUT2D eigenvalue weighted by Gasteiger charge is -2.22. The number of alkyl halides is 3. The van der Waals surface area contributed by atoms with Gasteiger partial charge in [-0.2, -0.15) is 13.2 Å². The maximum atomic E-state index is 12.6. The van der Waals surface area contributed by atoms with E-state index in [9.17, 15) is 28.1 Å². The number of hydrogen-bond donors (Lipinski definition) is 1. The van der Waals surface area contributed by atoms with Crippen LogP contribution in [0.25, 0.3) is 0 Å². The van der Waals surface area contributed by atoms with E-state index in [0.717, 1.165) is 12.1 Å². The Hall–Kier alpha value is -2.32. The van der Waals surface area contributed by atoms with Crippen LogP contribution in [0.4, 0.5) is 24.5 Å². The first-order valence-corrected chi connectivity index (χ1v) is 5.99. The maximum Gasteiger partial charge on any atom is 0.416 e. The minimum absolute atomic E-state index is 0.0297. The summed E-state index contributed by atoms with van der Waals surface area (Å²) in [6, 6.07) is 2.19. The number of aliphatic carboxylic acids is 1. The van der Waals surface area contributed by atoms with Gasteiger partial charge in [-0.3, -0.25) is 14.9 Å². The molecule has 0 heterocycles. The first kappa shape index (κ1) is 16.7. The van der Waals surface area contributed by atoms with Gasteiger partial charge in [0.1, 0.15) is 5.69 Å². The second-order valence-corrected chi connectivity index (χ2v) is 4.18. The van der Waals surface area contributed by atoms with Crippen LogP contribution in [0.1, 0.15) is 18.9 Å². The van der Waals surface area contributed by atoms with Gasteiger partial charge in [-0.05, 0) is 19.1 Å². The van der Waals surface area contributed by atoms with Gasteiger partial charge in [0.2, 0.25) is 0 Å². The molecular formula is C12H13F3N2O4. The van der Waals surface area contributed by atoms with Crippen LogP contribution in [-0.2, 0) is 11.0 Å². The minimum Gasteiger partial charge on any atom is -0.481 e. The fourth-order valence-electron chi connectivity index (χ4n) is 1.79. The number of rotatable bonds is 6. The molecule has 0 atom stereocenters. The summed E-state index contributed by atoms with van der Waals surface area (Å²) >= 11 is 0. The van der Waals surface area contributed by atoms with Gasteiger partial charge in [-0.15, -0.1) is 0 Å². The van der Waals surface area contributed by atoms with Gasteiger partial charge < -0.3 is 10.0 Å². The predicted molar refractivity (Wildman–Crippen MR) is 68.2 cm³/mol. The maximum absolute atomic E-state index is 12.6. The first-order chi connectivity index (χ1) is 9.66. The van der Waals surface area contributed by atoms with Crippen molar-refractivity contribution in [2.75, 3.05) is 18.0 Å². The van der Waals surface area contributed by atoms with Gasteiger partial charge in [-0.25, -0.2) is 0 Å². The normalized spacial score (nSPS) is 11.2. The number of anilines is 1. The molecule has 0 unspecified atom stereocenters. The van der Waals surface area contributed by atoms with Gasteiger partial charge in [-0.1, -0.05) is 0 Å². The highest BCUT2D eigenvalue weighted by atomic mass is 19.4. The number of nitro groups is 1. The van der Waals surface area contributed by atoms with Crippen molar-refractivity contribution in [2.24, 2.45) is 0 Å². The van der Waals surface area contributed by atoms with Gasteiger partial charge >= 0.3 is 12.1 Å². The smallest absolute Gasteiger partial charge is 0.416 e. The van der Waals surface area contributed by atoms with E-state index in [4.69, 9.17) is 5.11 Å². The standard InChI is InChI=1S/C12H13F3N2O4/c1-2-16(6-5-11(18)19)9-4-3-8(12(13,14)15)7-10(9)17(20)21/h3-4,7H,2,5-6H2,1H3,(H,18,19). The van der Waals surface area contributed by atoms with Gasteiger partial charge in [0.15, 0.2) is 0 Å². The zero-order chi connectivity index (χ0) is 16.2. The number of benzene rings is 1. The molecule has 0 saturated heterocycles. The van der Waals surface area contributed by atoms with Gasteiger partial charge in [0.25, 0.3) is 5.69 Å². The highest BCUT2D eigenvalue weighted by molar-refractivity contribution is 5.69. The average molecular weight is 306 g/mol. The lowest BCUT2D eigenvalue weighted by Crippen LogP contribution is -2.26. The molecule has 0 amide bonds. The molecule has 0 aromatic heterocycles. The number of hydrogen-bond acceptors (Lipinski definition) is 4. The Balaban J connectivity index is 3.21. The average Bonchev–Trinajstić information content (AvgIpc) is 2.37. The quantitative estimate of drug-likeness (QED) is 0.645. The fraction of sp³-hybridized carbons (Fsp3) is 0.417. The van der Waals surface area contributed by atoms with E-state index >= 15 is 0 Å². The van der Waals surface area contributed by atoms with Crippen LogP contribution in [0.5, 0.6) is 0 Å². The molecule has 1 aromatic carbocycles. The van der Waals surface area contributed by atoms with Crippen molar-refractivity contribution < 1.29 is 28.0 Å². The Labute approximate surface area is 117 Å². The number of nitro benzene ring substituents is 1. The first-order valence-electron chi connectivity index (χ1n) is 5.99. The van der Waals surface area contributed by atoms with Gasteiger partial charge in [0.05, 0.1) is 16.9 Å². The Morgan fingerprint density at radius 3 is 2.48 bits per heavy atom. The molecule has 116 valence electrons. The molecule has 1 aromatic rings. The summed E-state index contributed by atoms with van der Waals surface area (Å²) < 4.78 is 37.8. The molecule has 21 heavy (non-hydrogen) atoms. The van der Waals surface area contributed by atoms with Crippen molar-refractivity contribution in [2.45, 2.75) is 19.5 Å². The van der Waals surface area contributed by atoms with E-state index in [-0.39, 0.29) is 25.2 Å². The Morgan fingerprint density at radius 2 is 2.05 bits per heavy atom. The molecule has 1 N–H and O–H groups in total. The molecule has 0 bridgehead atoms. The highest BCUT2D eigenvalue weighted by Gasteiger charge is 2.33. The minimum atomic E-state index is -4.68. The van der Waals surface area contributed by atoms with E-state index in [1.165, 1.54) is 4.90 Å². The number of carboxylic acid groups (broad SMARTS) is 1. The van der Waals surface area contributed by atoms with Crippen molar-refractivity contribution in [1.82, 2.24) is 0 Å².